The predicted octanol–water partition coefficient (Wildman–Crippen LogP) is 2.49. The van der Waals surface area contributed by atoms with Crippen LogP contribution in [0, 0.1) is 5.92 Å². The van der Waals surface area contributed by atoms with E-state index in [9.17, 15) is 4.79 Å². The first-order valence-corrected chi connectivity index (χ1v) is 6.93. The molecule has 0 aliphatic rings. The number of benzene rings is 1. The number of hydrogen-bond donors (Lipinski definition) is 2. The number of halogens is 1. The topological polar surface area (TPSA) is 68.0 Å². The third kappa shape index (κ3) is 3.08. The quantitative estimate of drug-likeness (QED) is 0.889. The summed E-state index contributed by atoms with van der Waals surface area (Å²) in [6.45, 7) is 4.44. The van der Waals surface area contributed by atoms with Crippen LogP contribution in [0.5, 0.6) is 0 Å². The number of nitrogens with two attached hydrogens (primary N) is 1. The molecule has 20 heavy (non-hydrogen) atoms. The molecule has 0 saturated carbocycles. The Morgan fingerprint density at radius 2 is 2.15 bits per heavy atom. The SMILES string of the molecule is CC(C)C(NCc1ccc(Cl)c2cccnc12)C(N)=O. The van der Waals surface area contributed by atoms with Crippen molar-refractivity contribution in [3.8, 4) is 0 Å². The smallest absolute Gasteiger partial charge is 0.234 e. The molecule has 0 fully saturated rings. The fourth-order valence-electron chi connectivity index (χ4n) is 2.22. The van der Waals surface area contributed by atoms with E-state index < -0.39 is 0 Å². The van der Waals surface area contributed by atoms with Crippen LogP contribution in [0.2, 0.25) is 5.02 Å². The number of aromatic nitrogens is 1. The molecule has 106 valence electrons. The van der Waals surface area contributed by atoms with E-state index >= 15 is 0 Å². The predicted molar refractivity (Wildman–Crippen MR) is 81.4 cm³/mol. The fraction of sp³-hybridized carbons (Fsp3) is 0.333. The van der Waals surface area contributed by atoms with E-state index in [1.165, 1.54) is 0 Å². The van der Waals surface area contributed by atoms with Gasteiger partial charge in [-0.15, -0.1) is 0 Å². The van der Waals surface area contributed by atoms with Crippen molar-refractivity contribution in [3.63, 3.8) is 0 Å². The average molecular weight is 292 g/mol. The van der Waals surface area contributed by atoms with Crippen molar-refractivity contribution >= 4 is 28.4 Å². The lowest BCUT2D eigenvalue weighted by atomic mass is 10.0. The number of carbonyl (C=O) groups excluding carboxylic acids is 1. The Balaban J connectivity index is 2.26. The Hall–Kier alpha value is -1.65. The molecule has 3 N–H and O–H groups in total. The van der Waals surface area contributed by atoms with Gasteiger partial charge in [0.15, 0.2) is 0 Å². The van der Waals surface area contributed by atoms with E-state index in [0.717, 1.165) is 16.5 Å². The third-order valence-electron chi connectivity index (χ3n) is 3.29. The molecular formula is C15H18ClN3O. The van der Waals surface area contributed by atoms with Crippen molar-refractivity contribution < 1.29 is 4.79 Å². The van der Waals surface area contributed by atoms with E-state index in [4.69, 9.17) is 17.3 Å². The summed E-state index contributed by atoms with van der Waals surface area (Å²) in [6.07, 6.45) is 1.73. The van der Waals surface area contributed by atoms with Crippen molar-refractivity contribution in [1.29, 1.82) is 0 Å². The van der Waals surface area contributed by atoms with Crippen LogP contribution in [-0.2, 0) is 11.3 Å². The van der Waals surface area contributed by atoms with Crippen LogP contribution in [0.3, 0.4) is 0 Å². The first-order chi connectivity index (χ1) is 9.50. The van der Waals surface area contributed by atoms with Gasteiger partial charge in [-0.2, -0.15) is 0 Å². The number of amides is 1. The van der Waals surface area contributed by atoms with Crippen LogP contribution in [0.4, 0.5) is 0 Å². The molecule has 0 bridgehead atoms. The highest BCUT2D eigenvalue weighted by atomic mass is 35.5. The number of rotatable bonds is 5. The number of nitrogens with one attached hydrogen (secondary N) is 1. The zero-order valence-corrected chi connectivity index (χ0v) is 12.3. The third-order valence-corrected chi connectivity index (χ3v) is 3.62. The van der Waals surface area contributed by atoms with Crippen molar-refractivity contribution in [1.82, 2.24) is 10.3 Å². The molecule has 1 amide bonds. The first kappa shape index (κ1) is 14.8. The fourth-order valence-corrected chi connectivity index (χ4v) is 2.44. The zero-order valence-electron chi connectivity index (χ0n) is 11.6. The monoisotopic (exact) mass is 291 g/mol. The summed E-state index contributed by atoms with van der Waals surface area (Å²) < 4.78 is 0. The highest BCUT2D eigenvalue weighted by Crippen LogP contribution is 2.24. The maximum Gasteiger partial charge on any atom is 0.234 e. The van der Waals surface area contributed by atoms with Gasteiger partial charge in [0.25, 0.3) is 0 Å². The summed E-state index contributed by atoms with van der Waals surface area (Å²) in [5.41, 5.74) is 7.24. The van der Waals surface area contributed by atoms with E-state index in [2.05, 4.69) is 10.3 Å². The lowest BCUT2D eigenvalue weighted by Crippen LogP contribution is -2.44. The number of nitrogens with zero attached hydrogens (tertiary/aromatic N) is 1. The van der Waals surface area contributed by atoms with Crippen LogP contribution in [-0.4, -0.2) is 16.9 Å². The summed E-state index contributed by atoms with van der Waals surface area (Å²) in [6, 6.07) is 7.19. The molecule has 2 rings (SSSR count). The molecule has 0 spiro atoms. The Bertz CT molecular complexity index is 628. The minimum Gasteiger partial charge on any atom is -0.368 e. The van der Waals surface area contributed by atoms with Crippen LogP contribution < -0.4 is 11.1 Å². The molecule has 1 atom stereocenters. The number of carbonyl (C=O) groups is 1. The van der Waals surface area contributed by atoms with Crippen LogP contribution in [0.15, 0.2) is 30.5 Å². The maximum absolute atomic E-state index is 11.4. The lowest BCUT2D eigenvalue weighted by Gasteiger charge is -2.19. The van der Waals surface area contributed by atoms with Gasteiger partial charge in [-0.25, -0.2) is 0 Å². The highest BCUT2D eigenvalue weighted by molar-refractivity contribution is 6.35. The average Bonchev–Trinajstić information content (AvgIpc) is 2.41. The van der Waals surface area contributed by atoms with Gasteiger partial charge in [0, 0.05) is 23.2 Å². The molecule has 5 heteroatoms. The molecule has 0 aliphatic heterocycles. The van der Waals surface area contributed by atoms with Crippen molar-refractivity contribution in [3.05, 3.63) is 41.0 Å². The minimum absolute atomic E-state index is 0.138. The number of pyridine rings is 1. The van der Waals surface area contributed by atoms with E-state index in [1.54, 1.807) is 6.20 Å². The summed E-state index contributed by atoms with van der Waals surface area (Å²) in [5.74, 6) is -0.203. The summed E-state index contributed by atoms with van der Waals surface area (Å²) >= 11 is 6.16. The van der Waals surface area contributed by atoms with Crippen molar-refractivity contribution in [2.75, 3.05) is 0 Å². The Morgan fingerprint density at radius 1 is 1.40 bits per heavy atom. The molecular weight excluding hydrogens is 274 g/mol. The summed E-state index contributed by atoms with van der Waals surface area (Å²) in [5, 5.41) is 4.77. The van der Waals surface area contributed by atoms with Gasteiger partial charge in [-0.3, -0.25) is 9.78 Å². The van der Waals surface area contributed by atoms with Gasteiger partial charge in [-0.05, 0) is 29.7 Å². The van der Waals surface area contributed by atoms with Crippen molar-refractivity contribution in [2.24, 2.45) is 11.7 Å². The van der Waals surface area contributed by atoms with E-state index in [1.807, 2.05) is 38.1 Å². The summed E-state index contributed by atoms with van der Waals surface area (Å²) in [4.78, 5) is 15.8. The van der Waals surface area contributed by atoms with Gasteiger partial charge in [-0.1, -0.05) is 31.5 Å². The molecule has 0 saturated heterocycles. The van der Waals surface area contributed by atoms with Crippen molar-refractivity contribution in [2.45, 2.75) is 26.4 Å². The Kier molecular flexibility index (Phi) is 4.57. The van der Waals surface area contributed by atoms with E-state index in [-0.39, 0.29) is 17.9 Å². The van der Waals surface area contributed by atoms with Gasteiger partial charge in [0.1, 0.15) is 0 Å². The first-order valence-electron chi connectivity index (χ1n) is 6.55. The van der Waals surface area contributed by atoms with Crippen LogP contribution in [0.1, 0.15) is 19.4 Å². The number of hydrogen-bond acceptors (Lipinski definition) is 3. The van der Waals surface area contributed by atoms with Crippen LogP contribution in [0.25, 0.3) is 10.9 Å². The lowest BCUT2D eigenvalue weighted by molar-refractivity contribution is -0.121. The normalized spacial score (nSPS) is 12.8. The highest BCUT2D eigenvalue weighted by Gasteiger charge is 2.19. The largest absolute Gasteiger partial charge is 0.368 e. The molecule has 2 aromatic rings. The van der Waals surface area contributed by atoms with Gasteiger partial charge < -0.3 is 11.1 Å². The van der Waals surface area contributed by atoms with Crippen LogP contribution >= 0.6 is 11.6 Å². The molecule has 1 aromatic carbocycles. The van der Waals surface area contributed by atoms with Gasteiger partial charge in [0.05, 0.1) is 11.6 Å². The second kappa shape index (κ2) is 6.20. The molecule has 1 unspecified atom stereocenters. The maximum atomic E-state index is 11.4. The van der Waals surface area contributed by atoms with Gasteiger partial charge in [0.2, 0.25) is 5.91 Å². The Labute approximate surface area is 123 Å². The molecule has 4 nitrogen and oxygen atoms in total. The molecule has 0 aliphatic carbocycles. The minimum atomic E-state index is -0.357. The Morgan fingerprint density at radius 3 is 2.80 bits per heavy atom. The second-order valence-electron chi connectivity index (χ2n) is 5.11. The molecule has 0 radical (unpaired) electrons. The molecule has 1 aromatic heterocycles. The van der Waals surface area contributed by atoms with Gasteiger partial charge >= 0.3 is 0 Å². The van der Waals surface area contributed by atoms with E-state index in [0.29, 0.717) is 11.6 Å². The number of primary amides is 1. The standard InChI is InChI=1S/C15H18ClN3O/c1-9(2)13(15(17)20)19-8-10-5-6-12(16)11-4-3-7-18-14(10)11/h3-7,9,13,19H,8H2,1-2H3,(H2,17,20). The second-order valence-corrected chi connectivity index (χ2v) is 5.52. The summed E-state index contributed by atoms with van der Waals surface area (Å²) in [7, 11) is 0. The zero-order chi connectivity index (χ0) is 14.7. The molecule has 1 heterocycles. The number of fused-ring (bicyclic) bond motifs is 1.